The van der Waals surface area contributed by atoms with Gasteiger partial charge in [0.05, 0.1) is 11.6 Å². The van der Waals surface area contributed by atoms with Crippen molar-refractivity contribution in [2.75, 3.05) is 13.2 Å². The maximum Gasteiger partial charge on any atom is 0.407 e. The van der Waals surface area contributed by atoms with Crippen LogP contribution in [0.15, 0.2) is 73.1 Å². The molecule has 0 radical (unpaired) electrons. The van der Waals surface area contributed by atoms with Crippen LogP contribution in [0.5, 0.6) is 0 Å². The van der Waals surface area contributed by atoms with Crippen molar-refractivity contribution in [3.8, 4) is 11.1 Å². The van der Waals surface area contributed by atoms with Gasteiger partial charge in [-0.05, 0) is 46.4 Å². The molecule has 4 aromatic rings. The largest absolute Gasteiger partial charge is 0.449 e. The van der Waals surface area contributed by atoms with Crippen LogP contribution in [0.3, 0.4) is 0 Å². The molecule has 1 aromatic heterocycles. The highest BCUT2D eigenvalue weighted by Gasteiger charge is 2.29. The molecule has 1 amide bonds. The van der Waals surface area contributed by atoms with Crippen LogP contribution in [0.25, 0.3) is 22.0 Å². The number of hydrogen-bond donors (Lipinski definition) is 3. The van der Waals surface area contributed by atoms with Gasteiger partial charge in [-0.2, -0.15) is 0 Å². The zero-order valence-corrected chi connectivity index (χ0v) is 19.5. The molecular formula is C27H24ClN3O4. The Morgan fingerprint density at radius 3 is 2.40 bits per heavy atom. The molecule has 178 valence electrons. The molecule has 7 nitrogen and oxygen atoms in total. The van der Waals surface area contributed by atoms with Crippen molar-refractivity contribution in [1.29, 1.82) is 0 Å². The van der Waals surface area contributed by atoms with Gasteiger partial charge in [0.2, 0.25) is 0 Å². The fourth-order valence-electron chi connectivity index (χ4n) is 4.58. The molecule has 5 rings (SSSR count). The summed E-state index contributed by atoms with van der Waals surface area (Å²) in [6.07, 6.45) is -1.31. The van der Waals surface area contributed by atoms with Crippen LogP contribution in [0.4, 0.5) is 4.79 Å². The van der Waals surface area contributed by atoms with Gasteiger partial charge in [-0.25, -0.2) is 14.8 Å². The molecule has 0 bridgehead atoms. The minimum Gasteiger partial charge on any atom is -0.449 e. The lowest BCUT2D eigenvalue weighted by Crippen LogP contribution is -2.30. The lowest BCUT2D eigenvalue weighted by molar-refractivity contribution is 0.0137. The molecule has 3 aromatic carbocycles. The van der Waals surface area contributed by atoms with E-state index in [2.05, 4.69) is 39.6 Å². The third-order valence-electron chi connectivity index (χ3n) is 6.37. The lowest BCUT2D eigenvalue weighted by Gasteiger charge is -2.19. The van der Waals surface area contributed by atoms with E-state index < -0.39 is 18.3 Å². The molecular weight excluding hydrogens is 466 g/mol. The summed E-state index contributed by atoms with van der Waals surface area (Å²) in [7, 11) is 0. The minimum atomic E-state index is -1.15. The van der Waals surface area contributed by atoms with E-state index in [1.165, 1.54) is 6.33 Å². The number of aromatic nitrogens is 2. The van der Waals surface area contributed by atoms with E-state index >= 15 is 0 Å². The monoisotopic (exact) mass is 489 g/mol. The van der Waals surface area contributed by atoms with Crippen molar-refractivity contribution in [1.82, 2.24) is 15.3 Å². The normalized spacial score (nSPS) is 14.3. The van der Waals surface area contributed by atoms with Gasteiger partial charge < -0.3 is 20.3 Å². The number of benzene rings is 3. The zero-order valence-electron chi connectivity index (χ0n) is 18.8. The molecule has 1 aliphatic carbocycles. The number of hydrogen-bond acceptors (Lipinski definition) is 6. The van der Waals surface area contributed by atoms with Gasteiger partial charge >= 0.3 is 6.09 Å². The minimum absolute atomic E-state index is 0.0238. The van der Waals surface area contributed by atoms with Gasteiger partial charge in [0.1, 0.15) is 24.2 Å². The van der Waals surface area contributed by atoms with E-state index in [1.807, 2.05) is 24.3 Å². The number of carbonyl (C=O) groups excluding carboxylic acids is 1. The van der Waals surface area contributed by atoms with Gasteiger partial charge in [0.25, 0.3) is 0 Å². The molecule has 0 spiro atoms. The predicted molar refractivity (Wildman–Crippen MR) is 133 cm³/mol. The average molecular weight is 490 g/mol. The Kier molecular flexibility index (Phi) is 6.63. The van der Waals surface area contributed by atoms with Crippen LogP contribution in [0, 0.1) is 0 Å². The second-order valence-electron chi connectivity index (χ2n) is 8.49. The fraction of sp³-hybridized carbons (Fsp3) is 0.222. The van der Waals surface area contributed by atoms with E-state index in [-0.39, 0.29) is 30.6 Å². The van der Waals surface area contributed by atoms with Gasteiger partial charge in [-0.1, -0.05) is 66.2 Å². The molecule has 0 saturated heterocycles. The molecule has 0 aliphatic heterocycles. The quantitative estimate of drug-likeness (QED) is 0.327. The Labute approximate surface area is 207 Å². The second kappa shape index (κ2) is 10.00. The van der Waals surface area contributed by atoms with Gasteiger partial charge in [0, 0.05) is 17.8 Å². The van der Waals surface area contributed by atoms with Crippen LogP contribution < -0.4 is 5.32 Å². The van der Waals surface area contributed by atoms with Crippen molar-refractivity contribution in [2.24, 2.45) is 0 Å². The summed E-state index contributed by atoms with van der Waals surface area (Å²) in [4.78, 5) is 20.4. The van der Waals surface area contributed by atoms with Crippen LogP contribution in [0.2, 0.25) is 5.15 Å². The van der Waals surface area contributed by atoms with E-state index in [4.69, 9.17) is 16.3 Å². The molecule has 1 heterocycles. The first-order chi connectivity index (χ1) is 17.0. The molecule has 2 unspecified atom stereocenters. The summed E-state index contributed by atoms with van der Waals surface area (Å²) in [5, 5.41) is 24.5. The number of amides is 1. The summed E-state index contributed by atoms with van der Waals surface area (Å²) >= 11 is 6.11. The number of nitrogens with zero attached hydrogens (tertiary/aromatic N) is 2. The number of alkyl carbamates (subject to hydrolysis) is 1. The predicted octanol–water partition coefficient (Wildman–Crippen LogP) is 4.61. The standard InChI is InChI=1S/C27H24ClN3O4/c28-26-21-13-16(9-10-23(21)30-15-31-26)25(33)24(32)11-12-29-27(34)35-14-22-19-7-3-1-5-17(19)18-6-2-4-8-20(18)22/h1-10,13,15,22,24-25,32-33H,11-12,14H2,(H,29,34). The van der Waals surface area contributed by atoms with Crippen molar-refractivity contribution in [3.05, 3.63) is 94.9 Å². The highest BCUT2D eigenvalue weighted by molar-refractivity contribution is 6.34. The molecule has 35 heavy (non-hydrogen) atoms. The van der Waals surface area contributed by atoms with Crippen LogP contribution in [-0.2, 0) is 4.74 Å². The molecule has 1 aliphatic rings. The van der Waals surface area contributed by atoms with Crippen molar-refractivity contribution in [2.45, 2.75) is 24.5 Å². The number of nitrogens with one attached hydrogen (secondary N) is 1. The number of aliphatic hydroxyl groups is 2. The Balaban J connectivity index is 1.14. The molecule has 2 atom stereocenters. The van der Waals surface area contributed by atoms with E-state index in [0.29, 0.717) is 16.5 Å². The Morgan fingerprint density at radius 1 is 1.00 bits per heavy atom. The van der Waals surface area contributed by atoms with Gasteiger partial charge in [-0.3, -0.25) is 0 Å². The van der Waals surface area contributed by atoms with E-state index in [1.54, 1.807) is 18.2 Å². The van der Waals surface area contributed by atoms with E-state index in [9.17, 15) is 15.0 Å². The van der Waals surface area contributed by atoms with Crippen molar-refractivity contribution >= 4 is 28.6 Å². The number of fused-ring (bicyclic) bond motifs is 4. The first-order valence-corrected chi connectivity index (χ1v) is 11.8. The summed E-state index contributed by atoms with van der Waals surface area (Å²) in [5.74, 6) is -0.0238. The van der Waals surface area contributed by atoms with Crippen LogP contribution in [-0.4, -0.2) is 45.5 Å². The van der Waals surface area contributed by atoms with Crippen LogP contribution >= 0.6 is 11.6 Å². The maximum absolute atomic E-state index is 12.3. The second-order valence-corrected chi connectivity index (χ2v) is 8.85. The number of ether oxygens (including phenoxy) is 1. The third kappa shape index (κ3) is 4.71. The lowest BCUT2D eigenvalue weighted by atomic mass is 9.98. The first kappa shape index (κ1) is 23.2. The average Bonchev–Trinajstić information content (AvgIpc) is 3.21. The molecule has 8 heteroatoms. The highest BCUT2D eigenvalue weighted by atomic mass is 35.5. The fourth-order valence-corrected chi connectivity index (χ4v) is 4.77. The summed E-state index contributed by atoms with van der Waals surface area (Å²) in [6, 6.07) is 21.3. The summed E-state index contributed by atoms with van der Waals surface area (Å²) in [5.41, 5.74) is 5.74. The van der Waals surface area contributed by atoms with Crippen molar-refractivity contribution in [3.63, 3.8) is 0 Å². The first-order valence-electron chi connectivity index (χ1n) is 11.4. The van der Waals surface area contributed by atoms with Gasteiger partial charge in [0.15, 0.2) is 0 Å². The number of rotatable bonds is 7. The zero-order chi connectivity index (χ0) is 24.4. The molecule has 0 saturated carbocycles. The Hall–Kier alpha value is -3.52. The summed E-state index contributed by atoms with van der Waals surface area (Å²) < 4.78 is 5.51. The third-order valence-corrected chi connectivity index (χ3v) is 6.67. The summed E-state index contributed by atoms with van der Waals surface area (Å²) in [6.45, 7) is 0.358. The number of aliphatic hydroxyl groups excluding tert-OH is 2. The maximum atomic E-state index is 12.3. The Morgan fingerprint density at radius 2 is 1.69 bits per heavy atom. The number of carbonyl (C=O) groups is 1. The smallest absolute Gasteiger partial charge is 0.407 e. The Bertz CT molecular complexity index is 1330. The van der Waals surface area contributed by atoms with Crippen molar-refractivity contribution < 1.29 is 19.7 Å². The topological polar surface area (TPSA) is 105 Å². The number of halogens is 1. The van der Waals surface area contributed by atoms with E-state index in [0.717, 1.165) is 22.3 Å². The van der Waals surface area contributed by atoms with Gasteiger partial charge in [-0.15, -0.1) is 0 Å². The van der Waals surface area contributed by atoms with Crippen LogP contribution in [0.1, 0.15) is 35.1 Å². The SMILES string of the molecule is O=C(NCCC(O)C(O)c1ccc2ncnc(Cl)c2c1)OCC1c2ccccc2-c2ccccc21. The highest BCUT2D eigenvalue weighted by Crippen LogP contribution is 2.44. The molecule has 0 fully saturated rings. The molecule has 3 N–H and O–H groups in total.